The molecule has 0 bridgehead atoms. The Bertz CT molecular complexity index is 502. The lowest BCUT2D eigenvalue weighted by molar-refractivity contribution is 0.0349. The summed E-state index contributed by atoms with van der Waals surface area (Å²) >= 11 is 0. The highest BCUT2D eigenvalue weighted by Crippen LogP contribution is 2.27. The van der Waals surface area contributed by atoms with Gasteiger partial charge in [-0.05, 0) is 37.8 Å². The summed E-state index contributed by atoms with van der Waals surface area (Å²) in [6, 6.07) is 3.25. The molecule has 0 saturated carbocycles. The molecule has 0 spiro atoms. The van der Waals surface area contributed by atoms with Crippen LogP contribution in [0.15, 0.2) is 12.1 Å². The van der Waals surface area contributed by atoms with E-state index < -0.39 is 11.6 Å². The molecule has 0 radical (unpaired) electrons. The lowest BCUT2D eigenvalue weighted by Gasteiger charge is -2.36. The summed E-state index contributed by atoms with van der Waals surface area (Å²) < 4.78 is 0. The molecule has 0 amide bonds. The third-order valence-electron chi connectivity index (χ3n) is 3.83. The summed E-state index contributed by atoms with van der Waals surface area (Å²) in [5, 5.41) is 19.2. The molecule has 20 heavy (non-hydrogen) atoms. The van der Waals surface area contributed by atoms with E-state index in [1.54, 1.807) is 12.1 Å². The first kappa shape index (κ1) is 14.8. The first-order chi connectivity index (χ1) is 9.28. The van der Waals surface area contributed by atoms with Gasteiger partial charge in [0.05, 0.1) is 11.2 Å². The maximum Gasteiger partial charge on any atom is 0.335 e. The van der Waals surface area contributed by atoms with Gasteiger partial charge in [0.15, 0.2) is 0 Å². The van der Waals surface area contributed by atoms with Gasteiger partial charge in [-0.3, -0.25) is 0 Å². The summed E-state index contributed by atoms with van der Waals surface area (Å²) in [6.07, 6.45) is 1.34. The van der Waals surface area contributed by atoms with Crippen molar-refractivity contribution >= 4 is 11.8 Å². The van der Waals surface area contributed by atoms with E-state index >= 15 is 0 Å². The van der Waals surface area contributed by atoms with Crippen molar-refractivity contribution in [3.05, 3.63) is 23.4 Å². The lowest BCUT2D eigenvalue weighted by Crippen LogP contribution is -2.42. The number of anilines is 1. The van der Waals surface area contributed by atoms with Gasteiger partial charge in [-0.2, -0.15) is 0 Å². The largest absolute Gasteiger partial charge is 0.478 e. The van der Waals surface area contributed by atoms with Gasteiger partial charge in [-0.15, -0.1) is 0 Å². The van der Waals surface area contributed by atoms with Crippen LogP contribution in [-0.2, 0) is 0 Å². The number of piperidine rings is 1. The van der Waals surface area contributed by atoms with Crippen molar-refractivity contribution in [3.8, 4) is 0 Å². The molecule has 1 aromatic heterocycles. The fourth-order valence-electron chi connectivity index (χ4n) is 2.34. The van der Waals surface area contributed by atoms with Crippen molar-refractivity contribution in [1.29, 1.82) is 0 Å². The number of nitrogens with zero attached hydrogens (tertiary/aromatic N) is 2. The molecule has 5 heteroatoms. The quantitative estimate of drug-likeness (QED) is 0.887. The zero-order valence-corrected chi connectivity index (χ0v) is 12.3. The molecule has 2 rings (SSSR count). The van der Waals surface area contributed by atoms with Gasteiger partial charge in [0, 0.05) is 18.8 Å². The monoisotopic (exact) mass is 278 g/mol. The number of hydrogen-bond acceptors (Lipinski definition) is 4. The maximum atomic E-state index is 11.2. The summed E-state index contributed by atoms with van der Waals surface area (Å²) in [4.78, 5) is 17.8. The van der Waals surface area contributed by atoms with Crippen molar-refractivity contribution in [2.75, 3.05) is 18.0 Å². The molecule has 0 unspecified atom stereocenters. The molecular formula is C15H22N2O3. The Balaban J connectivity index is 2.29. The highest BCUT2D eigenvalue weighted by Gasteiger charge is 2.28. The zero-order valence-electron chi connectivity index (χ0n) is 12.3. The van der Waals surface area contributed by atoms with Crippen LogP contribution >= 0.6 is 0 Å². The molecule has 1 fully saturated rings. The fraction of sp³-hybridized carbons (Fsp3) is 0.600. The van der Waals surface area contributed by atoms with Gasteiger partial charge < -0.3 is 15.1 Å². The second-order valence-corrected chi connectivity index (χ2v) is 6.08. The number of rotatable bonds is 3. The zero-order chi connectivity index (χ0) is 14.9. The van der Waals surface area contributed by atoms with Gasteiger partial charge in [-0.25, -0.2) is 9.78 Å². The van der Waals surface area contributed by atoms with Gasteiger partial charge in [-0.1, -0.05) is 13.8 Å². The molecule has 1 aromatic rings. The van der Waals surface area contributed by atoms with Crippen LogP contribution in [0.1, 0.15) is 55.6 Å². The molecule has 0 atom stereocenters. The number of carboxylic acid groups (broad SMARTS) is 1. The number of carboxylic acids is 1. The SMILES string of the molecule is CC(C)c1cc(C(=O)O)cc(N2CCC(C)(O)CC2)n1. The maximum absolute atomic E-state index is 11.2. The second kappa shape index (κ2) is 5.40. The van der Waals surface area contributed by atoms with E-state index in [4.69, 9.17) is 0 Å². The van der Waals surface area contributed by atoms with E-state index in [0.29, 0.717) is 31.7 Å². The van der Waals surface area contributed by atoms with E-state index in [9.17, 15) is 15.0 Å². The molecule has 1 aliphatic rings. The number of hydrogen-bond donors (Lipinski definition) is 2. The highest BCUT2D eigenvalue weighted by molar-refractivity contribution is 5.88. The number of carbonyl (C=O) groups is 1. The van der Waals surface area contributed by atoms with Gasteiger partial charge in [0.1, 0.15) is 5.82 Å². The van der Waals surface area contributed by atoms with Crippen molar-refractivity contribution in [2.45, 2.75) is 45.1 Å². The summed E-state index contributed by atoms with van der Waals surface area (Å²) in [6.45, 7) is 7.23. The minimum atomic E-state index is -0.931. The van der Waals surface area contributed by atoms with Crippen LogP contribution in [0.4, 0.5) is 5.82 Å². The molecule has 110 valence electrons. The summed E-state index contributed by atoms with van der Waals surface area (Å²) in [5.41, 5.74) is 0.440. The van der Waals surface area contributed by atoms with E-state index in [-0.39, 0.29) is 11.5 Å². The Morgan fingerprint density at radius 3 is 2.45 bits per heavy atom. The van der Waals surface area contributed by atoms with E-state index in [0.717, 1.165) is 5.69 Å². The van der Waals surface area contributed by atoms with E-state index in [1.807, 2.05) is 20.8 Å². The van der Waals surface area contributed by atoms with Gasteiger partial charge in [0.25, 0.3) is 0 Å². The predicted octanol–water partition coefficient (Wildman–Crippen LogP) is 2.25. The van der Waals surface area contributed by atoms with E-state index in [1.165, 1.54) is 0 Å². The standard InChI is InChI=1S/C15H22N2O3/c1-10(2)12-8-11(14(18)19)9-13(16-12)17-6-4-15(3,20)5-7-17/h8-10,20H,4-7H2,1-3H3,(H,18,19). The molecule has 2 heterocycles. The van der Waals surface area contributed by atoms with Crippen LogP contribution in [0, 0.1) is 0 Å². The Kier molecular flexibility index (Phi) is 3.99. The fourth-order valence-corrected chi connectivity index (χ4v) is 2.34. The van der Waals surface area contributed by atoms with E-state index in [2.05, 4.69) is 9.88 Å². The predicted molar refractivity (Wildman–Crippen MR) is 77.4 cm³/mol. The Morgan fingerprint density at radius 2 is 1.95 bits per heavy atom. The number of pyridine rings is 1. The minimum absolute atomic E-state index is 0.181. The summed E-state index contributed by atoms with van der Waals surface area (Å²) in [5.74, 6) is -0.0513. The Morgan fingerprint density at radius 1 is 1.35 bits per heavy atom. The number of aliphatic hydroxyl groups is 1. The topological polar surface area (TPSA) is 73.7 Å². The smallest absolute Gasteiger partial charge is 0.335 e. The van der Waals surface area contributed by atoms with Crippen molar-refractivity contribution < 1.29 is 15.0 Å². The molecule has 1 saturated heterocycles. The normalized spacial score (nSPS) is 18.4. The number of aromatic nitrogens is 1. The molecule has 2 N–H and O–H groups in total. The lowest BCUT2D eigenvalue weighted by atomic mass is 9.94. The Hall–Kier alpha value is -1.62. The van der Waals surface area contributed by atoms with Crippen molar-refractivity contribution in [3.63, 3.8) is 0 Å². The highest BCUT2D eigenvalue weighted by atomic mass is 16.4. The average molecular weight is 278 g/mol. The molecule has 0 aromatic carbocycles. The molecule has 0 aliphatic carbocycles. The van der Waals surface area contributed by atoms with Crippen molar-refractivity contribution in [1.82, 2.24) is 4.98 Å². The first-order valence-electron chi connectivity index (χ1n) is 7.01. The molecular weight excluding hydrogens is 256 g/mol. The minimum Gasteiger partial charge on any atom is -0.478 e. The number of aromatic carboxylic acids is 1. The van der Waals surface area contributed by atoms with Crippen LogP contribution < -0.4 is 4.90 Å². The summed E-state index contributed by atoms with van der Waals surface area (Å²) in [7, 11) is 0. The molecule has 1 aliphatic heterocycles. The molecule has 5 nitrogen and oxygen atoms in total. The van der Waals surface area contributed by atoms with Crippen LogP contribution in [-0.4, -0.2) is 39.9 Å². The van der Waals surface area contributed by atoms with Crippen LogP contribution in [0.25, 0.3) is 0 Å². The van der Waals surface area contributed by atoms with Crippen molar-refractivity contribution in [2.24, 2.45) is 0 Å². The third-order valence-corrected chi connectivity index (χ3v) is 3.83. The Labute approximate surface area is 119 Å². The van der Waals surface area contributed by atoms with Gasteiger partial charge in [0.2, 0.25) is 0 Å². The van der Waals surface area contributed by atoms with Gasteiger partial charge >= 0.3 is 5.97 Å². The first-order valence-corrected chi connectivity index (χ1v) is 7.01. The van der Waals surface area contributed by atoms with Crippen LogP contribution in [0.3, 0.4) is 0 Å². The van der Waals surface area contributed by atoms with Crippen LogP contribution in [0.2, 0.25) is 0 Å². The third kappa shape index (κ3) is 3.28. The second-order valence-electron chi connectivity index (χ2n) is 6.08. The van der Waals surface area contributed by atoms with Crippen LogP contribution in [0.5, 0.6) is 0 Å². The average Bonchev–Trinajstić information content (AvgIpc) is 2.38.